The second kappa shape index (κ2) is 11.6. The van der Waals surface area contributed by atoms with E-state index >= 15 is 0 Å². The van der Waals surface area contributed by atoms with E-state index in [9.17, 15) is 0 Å². The maximum absolute atomic E-state index is 6.08. The van der Waals surface area contributed by atoms with Crippen molar-refractivity contribution in [3.63, 3.8) is 0 Å². The molecule has 1 heteroatoms. The van der Waals surface area contributed by atoms with Crippen LogP contribution in [0.3, 0.4) is 0 Å². The lowest BCUT2D eigenvalue weighted by atomic mass is 9.99. The van der Waals surface area contributed by atoms with Gasteiger partial charge in [0, 0.05) is 0 Å². The molecule has 1 rings (SSSR count). The average molecular weight is 305 g/mol. The number of ether oxygens (including phenoxy) is 1. The molecule has 1 nitrogen and oxygen atoms in total. The van der Waals surface area contributed by atoms with E-state index in [1.165, 1.54) is 64.2 Å². The second-order valence-corrected chi connectivity index (χ2v) is 7.11. The van der Waals surface area contributed by atoms with Gasteiger partial charge in [0.1, 0.15) is 11.4 Å². The Kier molecular flexibility index (Phi) is 10.0. The van der Waals surface area contributed by atoms with Crippen molar-refractivity contribution in [2.24, 2.45) is 0 Å². The second-order valence-electron chi connectivity index (χ2n) is 7.11. The van der Waals surface area contributed by atoms with Gasteiger partial charge in [0.05, 0.1) is 0 Å². The van der Waals surface area contributed by atoms with Crippen LogP contribution in [0.15, 0.2) is 30.3 Å². The fourth-order valence-corrected chi connectivity index (χ4v) is 2.90. The largest absolute Gasteiger partial charge is 0.488 e. The van der Waals surface area contributed by atoms with Crippen LogP contribution in [0.25, 0.3) is 0 Å². The Hall–Kier alpha value is -0.980. The van der Waals surface area contributed by atoms with E-state index in [-0.39, 0.29) is 5.60 Å². The van der Waals surface area contributed by atoms with Gasteiger partial charge in [0.25, 0.3) is 0 Å². The normalized spacial score (nSPS) is 11.6. The van der Waals surface area contributed by atoms with Crippen LogP contribution in [0.5, 0.6) is 5.75 Å². The van der Waals surface area contributed by atoms with Gasteiger partial charge in [-0.3, -0.25) is 0 Å². The van der Waals surface area contributed by atoms with Crippen molar-refractivity contribution in [3.8, 4) is 5.75 Å². The van der Waals surface area contributed by atoms with E-state index in [2.05, 4.69) is 20.8 Å². The molecule has 0 heterocycles. The summed E-state index contributed by atoms with van der Waals surface area (Å²) < 4.78 is 6.08. The van der Waals surface area contributed by atoms with Crippen molar-refractivity contribution >= 4 is 0 Å². The van der Waals surface area contributed by atoms with E-state index < -0.39 is 0 Å². The summed E-state index contributed by atoms with van der Waals surface area (Å²) in [5.41, 5.74) is -0.0541. The number of unbranched alkanes of at least 4 members (excludes halogenated alkanes) is 9. The molecule has 0 aliphatic heterocycles. The van der Waals surface area contributed by atoms with Crippen molar-refractivity contribution < 1.29 is 4.74 Å². The summed E-state index contributed by atoms with van der Waals surface area (Å²) in [5.74, 6) is 0.986. The first-order valence-electron chi connectivity index (χ1n) is 9.38. The molecule has 0 saturated heterocycles. The minimum atomic E-state index is -0.0541. The van der Waals surface area contributed by atoms with Gasteiger partial charge in [-0.15, -0.1) is 0 Å². The summed E-state index contributed by atoms with van der Waals surface area (Å²) in [7, 11) is 0. The molecule has 0 N–H and O–H groups in total. The van der Waals surface area contributed by atoms with Crippen LogP contribution in [0.4, 0.5) is 0 Å². The third-order valence-corrected chi connectivity index (χ3v) is 4.27. The SMILES string of the molecule is CCCCCCCCCCCCC(C)(C)Oc1ccccc1. The third kappa shape index (κ3) is 9.87. The molecule has 1 aromatic rings. The van der Waals surface area contributed by atoms with Crippen LogP contribution in [0.1, 0.15) is 91.4 Å². The Morgan fingerprint density at radius 2 is 1.23 bits per heavy atom. The molecule has 0 amide bonds. The maximum atomic E-state index is 6.08. The number of benzene rings is 1. The molecule has 0 bridgehead atoms. The van der Waals surface area contributed by atoms with E-state index in [0.717, 1.165) is 12.2 Å². The molecular weight excluding hydrogens is 268 g/mol. The van der Waals surface area contributed by atoms with Gasteiger partial charge >= 0.3 is 0 Å². The molecular formula is C21H36O. The average Bonchev–Trinajstić information content (AvgIpc) is 2.49. The van der Waals surface area contributed by atoms with E-state index in [1.54, 1.807) is 0 Å². The van der Waals surface area contributed by atoms with Crippen LogP contribution in [0, 0.1) is 0 Å². The zero-order valence-electron chi connectivity index (χ0n) is 15.1. The zero-order chi connectivity index (χ0) is 16.1. The van der Waals surface area contributed by atoms with Crippen molar-refractivity contribution in [2.75, 3.05) is 0 Å². The first-order valence-corrected chi connectivity index (χ1v) is 9.38. The monoisotopic (exact) mass is 304 g/mol. The predicted molar refractivity (Wildman–Crippen MR) is 97.6 cm³/mol. The molecule has 0 spiro atoms. The molecule has 22 heavy (non-hydrogen) atoms. The van der Waals surface area contributed by atoms with Gasteiger partial charge in [0.15, 0.2) is 0 Å². The molecule has 0 aliphatic rings. The van der Waals surface area contributed by atoms with Crippen molar-refractivity contribution in [1.82, 2.24) is 0 Å². The zero-order valence-corrected chi connectivity index (χ0v) is 15.1. The van der Waals surface area contributed by atoms with Crippen LogP contribution in [-0.2, 0) is 0 Å². The molecule has 0 aromatic heterocycles. The Bertz CT molecular complexity index is 355. The van der Waals surface area contributed by atoms with Gasteiger partial charge < -0.3 is 4.74 Å². The maximum Gasteiger partial charge on any atom is 0.120 e. The van der Waals surface area contributed by atoms with Crippen LogP contribution in [-0.4, -0.2) is 5.60 Å². The van der Waals surface area contributed by atoms with Crippen molar-refractivity contribution in [2.45, 2.75) is 97.0 Å². The highest BCUT2D eigenvalue weighted by Gasteiger charge is 2.18. The highest BCUT2D eigenvalue weighted by atomic mass is 16.5. The van der Waals surface area contributed by atoms with Gasteiger partial charge in [0.2, 0.25) is 0 Å². The number of hydrogen-bond acceptors (Lipinski definition) is 1. The molecule has 126 valence electrons. The molecule has 0 atom stereocenters. The fourth-order valence-electron chi connectivity index (χ4n) is 2.90. The molecule has 0 unspecified atom stereocenters. The van der Waals surface area contributed by atoms with Crippen LogP contribution in [0.2, 0.25) is 0 Å². The van der Waals surface area contributed by atoms with Gasteiger partial charge in [-0.2, -0.15) is 0 Å². The first-order chi connectivity index (χ1) is 10.6. The quantitative estimate of drug-likeness (QED) is 0.351. The lowest BCUT2D eigenvalue weighted by Gasteiger charge is -2.26. The summed E-state index contributed by atoms with van der Waals surface area (Å²) in [6, 6.07) is 10.2. The third-order valence-electron chi connectivity index (χ3n) is 4.27. The van der Waals surface area contributed by atoms with Gasteiger partial charge in [-0.1, -0.05) is 82.9 Å². The van der Waals surface area contributed by atoms with Crippen LogP contribution < -0.4 is 4.74 Å². The Balaban J connectivity index is 1.99. The van der Waals surface area contributed by atoms with E-state index in [4.69, 9.17) is 4.74 Å². The summed E-state index contributed by atoms with van der Waals surface area (Å²) in [6.45, 7) is 6.68. The minimum Gasteiger partial charge on any atom is -0.488 e. The summed E-state index contributed by atoms with van der Waals surface area (Å²) in [4.78, 5) is 0. The number of rotatable bonds is 13. The lowest BCUT2D eigenvalue weighted by Crippen LogP contribution is -2.27. The number of para-hydroxylation sites is 1. The van der Waals surface area contributed by atoms with E-state index in [0.29, 0.717) is 0 Å². The fraction of sp³-hybridized carbons (Fsp3) is 0.714. The highest BCUT2D eigenvalue weighted by Crippen LogP contribution is 2.23. The van der Waals surface area contributed by atoms with Crippen LogP contribution >= 0.6 is 0 Å². The van der Waals surface area contributed by atoms with Crippen molar-refractivity contribution in [1.29, 1.82) is 0 Å². The van der Waals surface area contributed by atoms with Crippen molar-refractivity contribution in [3.05, 3.63) is 30.3 Å². The van der Waals surface area contributed by atoms with Gasteiger partial charge in [-0.05, 0) is 38.8 Å². The van der Waals surface area contributed by atoms with E-state index in [1.807, 2.05) is 30.3 Å². The minimum absolute atomic E-state index is 0.0541. The Morgan fingerprint density at radius 3 is 1.77 bits per heavy atom. The Labute approximate surface area is 138 Å². The number of hydrogen-bond donors (Lipinski definition) is 0. The first kappa shape index (κ1) is 19.1. The molecule has 0 fully saturated rings. The summed E-state index contributed by atoms with van der Waals surface area (Å²) in [5, 5.41) is 0. The summed E-state index contributed by atoms with van der Waals surface area (Å²) in [6.07, 6.45) is 15.0. The molecule has 0 aliphatic carbocycles. The summed E-state index contributed by atoms with van der Waals surface area (Å²) >= 11 is 0. The molecule has 0 radical (unpaired) electrons. The highest BCUT2D eigenvalue weighted by molar-refractivity contribution is 5.21. The predicted octanol–water partition coefficient (Wildman–Crippen LogP) is 7.16. The lowest BCUT2D eigenvalue weighted by molar-refractivity contribution is 0.0960. The standard InChI is InChI=1S/C21H36O/c1-4-5-6-7-8-9-10-11-12-16-19-21(2,3)22-20-17-14-13-15-18-20/h13-15,17-18H,4-12,16,19H2,1-3H3. The molecule has 0 saturated carbocycles. The molecule has 1 aromatic carbocycles. The van der Waals surface area contributed by atoms with Gasteiger partial charge in [-0.25, -0.2) is 0 Å². The smallest absolute Gasteiger partial charge is 0.120 e. The topological polar surface area (TPSA) is 9.23 Å². The Morgan fingerprint density at radius 1 is 0.727 bits per heavy atom.